The fourth-order valence-corrected chi connectivity index (χ4v) is 5.70. The maximum absolute atomic E-state index is 13.0. The first kappa shape index (κ1) is 19.6. The van der Waals surface area contributed by atoms with Crippen molar-refractivity contribution in [3.63, 3.8) is 0 Å². The molecule has 4 rings (SSSR count). The molecule has 7 heteroatoms. The van der Waals surface area contributed by atoms with Crippen molar-refractivity contribution >= 4 is 27.5 Å². The molecule has 152 valence electrons. The van der Waals surface area contributed by atoms with E-state index in [0.717, 1.165) is 62.0 Å². The number of hydrogen-bond acceptors (Lipinski definition) is 5. The summed E-state index contributed by atoms with van der Waals surface area (Å²) in [5.41, 5.74) is 1.23. The van der Waals surface area contributed by atoms with E-state index < -0.39 is 0 Å². The zero-order chi connectivity index (χ0) is 19.5. The van der Waals surface area contributed by atoms with Gasteiger partial charge >= 0.3 is 0 Å². The molecule has 1 fully saturated rings. The van der Waals surface area contributed by atoms with Crippen molar-refractivity contribution in [2.45, 2.75) is 70.9 Å². The average molecular weight is 403 g/mol. The molecule has 6 nitrogen and oxygen atoms in total. The summed E-state index contributed by atoms with van der Waals surface area (Å²) in [5, 5.41) is 3.95. The molecule has 0 saturated carbocycles. The third-order valence-corrected chi connectivity index (χ3v) is 7.21. The Morgan fingerprint density at radius 2 is 2.04 bits per heavy atom. The fraction of sp³-hybridized carbons (Fsp3) is 0.667. The lowest BCUT2D eigenvalue weighted by molar-refractivity contribution is -0.122. The first-order valence-electron chi connectivity index (χ1n) is 10.7. The number of carbonyl (C=O) groups is 1. The van der Waals surface area contributed by atoms with Gasteiger partial charge in [0.15, 0.2) is 0 Å². The second-order valence-electron chi connectivity index (χ2n) is 8.07. The molecule has 2 aromatic rings. The van der Waals surface area contributed by atoms with Gasteiger partial charge in [-0.05, 0) is 57.1 Å². The van der Waals surface area contributed by atoms with Crippen LogP contribution in [0.1, 0.15) is 55.9 Å². The zero-order valence-corrected chi connectivity index (χ0v) is 17.5. The molecule has 1 aliphatic heterocycles. The summed E-state index contributed by atoms with van der Waals surface area (Å²) in [7, 11) is 0. The van der Waals surface area contributed by atoms with Crippen LogP contribution in [0.25, 0.3) is 10.2 Å². The Hall–Kier alpha value is -1.73. The average Bonchev–Trinajstić information content (AvgIpc) is 3.08. The van der Waals surface area contributed by atoms with E-state index in [-0.39, 0.29) is 17.5 Å². The summed E-state index contributed by atoms with van der Waals surface area (Å²) >= 11 is 1.67. The molecular weight excluding hydrogens is 372 g/mol. The summed E-state index contributed by atoms with van der Waals surface area (Å²) in [6.07, 6.45) is 9.54. The van der Waals surface area contributed by atoms with Crippen LogP contribution in [0.15, 0.2) is 11.1 Å². The largest absolute Gasteiger partial charge is 0.353 e. The minimum Gasteiger partial charge on any atom is -0.353 e. The molecule has 1 N–H and O–H groups in total. The Morgan fingerprint density at radius 3 is 2.82 bits per heavy atom. The lowest BCUT2D eigenvalue weighted by atomic mass is 9.97. The molecule has 3 heterocycles. The Labute approximate surface area is 169 Å². The molecule has 1 aliphatic carbocycles. The number of carbonyl (C=O) groups excluding carboxylic acids is 1. The van der Waals surface area contributed by atoms with E-state index in [1.807, 2.05) is 0 Å². The van der Waals surface area contributed by atoms with E-state index in [1.54, 1.807) is 22.2 Å². The lowest BCUT2D eigenvalue weighted by Gasteiger charge is -2.32. The Bertz CT molecular complexity index is 896. The summed E-state index contributed by atoms with van der Waals surface area (Å²) in [6, 6.07) is 0.266. The number of amides is 1. The van der Waals surface area contributed by atoms with Gasteiger partial charge in [0.1, 0.15) is 4.83 Å². The van der Waals surface area contributed by atoms with Crippen molar-refractivity contribution in [3.05, 3.63) is 27.1 Å². The zero-order valence-electron chi connectivity index (χ0n) is 16.7. The summed E-state index contributed by atoms with van der Waals surface area (Å²) in [4.78, 5) is 34.5. The number of likely N-dealkylation sites (tertiary alicyclic amines) is 1. The minimum atomic E-state index is 0.0186. The second kappa shape index (κ2) is 8.74. The van der Waals surface area contributed by atoms with Gasteiger partial charge < -0.3 is 10.2 Å². The number of piperidine rings is 1. The number of aryl methyl sites for hydroxylation is 3. The third-order valence-electron chi connectivity index (χ3n) is 6.01. The van der Waals surface area contributed by atoms with Gasteiger partial charge in [-0.25, -0.2) is 4.98 Å². The van der Waals surface area contributed by atoms with Gasteiger partial charge in [-0.3, -0.25) is 14.2 Å². The topological polar surface area (TPSA) is 67.2 Å². The van der Waals surface area contributed by atoms with Crippen LogP contribution in [0.3, 0.4) is 0 Å². The summed E-state index contributed by atoms with van der Waals surface area (Å²) in [6.45, 7) is 5.86. The van der Waals surface area contributed by atoms with E-state index in [9.17, 15) is 9.59 Å². The van der Waals surface area contributed by atoms with Crippen molar-refractivity contribution in [2.24, 2.45) is 0 Å². The molecular formula is C21H30N4O2S. The van der Waals surface area contributed by atoms with Crippen molar-refractivity contribution in [1.82, 2.24) is 19.8 Å². The highest BCUT2D eigenvalue weighted by molar-refractivity contribution is 7.18. The maximum atomic E-state index is 13.0. The summed E-state index contributed by atoms with van der Waals surface area (Å²) in [5.74, 6) is 0.0354. The van der Waals surface area contributed by atoms with Crippen LogP contribution >= 0.6 is 11.3 Å². The Balaban J connectivity index is 1.36. The number of nitrogens with one attached hydrogen (secondary N) is 1. The van der Waals surface area contributed by atoms with Crippen LogP contribution in [0.4, 0.5) is 0 Å². The van der Waals surface area contributed by atoms with Gasteiger partial charge in [0.05, 0.1) is 11.7 Å². The van der Waals surface area contributed by atoms with Crippen LogP contribution in [-0.2, 0) is 24.2 Å². The summed E-state index contributed by atoms with van der Waals surface area (Å²) < 4.78 is 1.62. The first-order valence-corrected chi connectivity index (χ1v) is 11.5. The Kier molecular flexibility index (Phi) is 6.11. The van der Waals surface area contributed by atoms with E-state index in [1.165, 1.54) is 23.3 Å². The van der Waals surface area contributed by atoms with Crippen molar-refractivity contribution in [1.29, 1.82) is 0 Å². The number of fused-ring (bicyclic) bond motifs is 3. The van der Waals surface area contributed by atoms with E-state index in [4.69, 9.17) is 0 Å². The molecule has 0 radical (unpaired) electrons. The van der Waals surface area contributed by atoms with Gasteiger partial charge in [-0.15, -0.1) is 11.3 Å². The highest BCUT2D eigenvalue weighted by atomic mass is 32.1. The van der Waals surface area contributed by atoms with Crippen molar-refractivity contribution in [3.8, 4) is 0 Å². The molecule has 28 heavy (non-hydrogen) atoms. The quantitative estimate of drug-likeness (QED) is 0.807. The van der Waals surface area contributed by atoms with Gasteiger partial charge in [0.2, 0.25) is 5.91 Å². The van der Waals surface area contributed by atoms with Crippen LogP contribution < -0.4 is 10.9 Å². The van der Waals surface area contributed by atoms with Crippen LogP contribution in [-0.4, -0.2) is 46.0 Å². The highest BCUT2D eigenvalue weighted by Gasteiger charge is 2.21. The predicted octanol–water partition coefficient (Wildman–Crippen LogP) is 2.72. The molecule has 0 bridgehead atoms. The van der Waals surface area contributed by atoms with Crippen molar-refractivity contribution in [2.75, 3.05) is 19.6 Å². The molecule has 2 aliphatic rings. The Morgan fingerprint density at radius 1 is 1.25 bits per heavy atom. The van der Waals surface area contributed by atoms with E-state index in [0.29, 0.717) is 13.0 Å². The standard InChI is InChI=1S/C21H30N4O2S/c1-2-10-24-11-7-15(8-12-24)23-18(26)9-13-25-14-22-20-19(21(25)27)16-5-3-4-6-17(16)28-20/h14-15H,2-13H2,1H3,(H,23,26). The molecule has 2 aromatic heterocycles. The third kappa shape index (κ3) is 4.15. The number of aromatic nitrogens is 2. The van der Waals surface area contributed by atoms with E-state index in [2.05, 4.69) is 22.1 Å². The number of rotatable bonds is 6. The van der Waals surface area contributed by atoms with Crippen molar-refractivity contribution < 1.29 is 4.79 Å². The molecule has 1 amide bonds. The predicted molar refractivity (Wildman–Crippen MR) is 113 cm³/mol. The normalized spacial score (nSPS) is 18.3. The smallest absolute Gasteiger partial charge is 0.262 e. The van der Waals surface area contributed by atoms with Gasteiger partial charge in [-0.2, -0.15) is 0 Å². The van der Waals surface area contributed by atoms with Gasteiger partial charge in [-0.1, -0.05) is 6.92 Å². The monoisotopic (exact) mass is 402 g/mol. The number of hydrogen-bond donors (Lipinski definition) is 1. The lowest BCUT2D eigenvalue weighted by Crippen LogP contribution is -2.45. The molecule has 0 atom stereocenters. The molecule has 1 saturated heterocycles. The molecule has 0 aromatic carbocycles. The second-order valence-corrected chi connectivity index (χ2v) is 9.15. The molecule has 0 unspecified atom stereocenters. The van der Waals surface area contributed by atoms with Crippen LogP contribution in [0.5, 0.6) is 0 Å². The van der Waals surface area contributed by atoms with Gasteiger partial charge in [0, 0.05) is 37.0 Å². The van der Waals surface area contributed by atoms with E-state index >= 15 is 0 Å². The highest BCUT2D eigenvalue weighted by Crippen LogP contribution is 2.33. The van der Waals surface area contributed by atoms with Crippen LogP contribution in [0, 0.1) is 0 Å². The number of nitrogens with zero attached hydrogens (tertiary/aromatic N) is 3. The molecule has 0 spiro atoms. The first-order chi connectivity index (χ1) is 13.7. The SMILES string of the molecule is CCCN1CCC(NC(=O)CCn2cnc3sc4c(c3c2=O)CCCC4)CC1. The fourth-order valence-electron chi connectivity index (χ4n) is 4.48. The van der Waals surface area contributed by atoms with Gasteiger partial charge in [0.25, 0.3) is 5.56 Å². The number of thiophene rings is 1. The maximum Gasteiger partial charge on any atom is 0.262 e. The van der Waals surface area contributed by atoms with Crippen LogP contribution in [0.2, 0.25) is 0 Å². The minimum absolute atomic E-state index is 0.0186.